The first-order valence-electron chi connectivity index (χ1n) is 9.43. The van der Waals surface area contributed by atoms with Crippen LogP contribution in [0.5, 0.6) is 0 Å². The molecule has 0 spiro atoms. The van der Waals surface area contributed by atoms with E-state index in [0.29, 0.717) is 16.7 Å². The maximum atomic E-state index is 6.68. The highest BCUT2D eigenvalue weighted by Crippen LogP contribution is 2.67. The molecule has 0 bridgehead atoms. The van der Waals surface area contributed by atoms with E-state index in [-0.39, 0.29) is 11.7 Å². The Morgan fingerprint density at radius 2 is 1.91 bits per heavy atom. The molecule has 1 aliphatic heterocycles. The Morgan fingerprint density at radius 1 is 1.09 bits per heavy atom. The van der Waals surface area contributed by atoms with Crippen molar-refractivity contribution in [1.82, 2.24) is 4.98 Å². The van der Waals surface area contributed by atoms with Crippen LogP contribution in [-0.4, -0.2) is 10.6 Å². The van der Waals surface area contributed by atoms with E-state index in [1.54, 1.807) is 0 Å². The van der Waals surface area contributed by atoms with Crippen LogP contribution in [0.4, 0.5) is 0 Å². The summed E-state index contributed by atoms with van der Waals surface area (Å²) in [6.45, 7) is 9.98. The van der Waals surface area contributed by atoms with Crippen LogP contribution in [-0.2, 0) is 4.74 Å². The summed E-state index contributed by atoms with van der Waals surface area (Å²) in [6, 6.07) is 4.22. The van der Waals surface area contributed by atoms with Gasteiger partial charge in [0.15, 0.2) is 0 Å². The van der Waals surface area contributed by atoms with Crippen molar-refractivity contribution in [2.45, 2.75) is 77.9 Å². The zero-order valence-corrected chi connectivity index (χ0v) is 15.1. The zero-order chi connectivity index (χ0) is 16.3. The van der Waals surface area contributed by atoms with Crippen LogP contribution >= 0.6 is 0 Å². The molecule has 2 saturated carbocycles. The lowest BCUT2D eigenvalue weighted by atomic mass is 9.45. The quantitative estimate of drug-likeness (QED) is 0.678. The van der Waals surface area contributed by atoms with Gasteiger partial charge in [0.2, 0.25) is 0 Å². The van der Waals surface area contributed by atoms with Crippen LogP contribution in [0.1, 0.15) is 77.9 Å². The van der Waals surface area contributed by atoms with E-state index in [4.69, 9.17) is 4.74 Å². The zero-order valence-electron chi connectivity index (χ0n) is 15.1. The second-order valence-corrected chi connectivity index (χ2v) is 9.43. The normalized spacial score (nSPS) is 45.3. The Kier molecular flexibility index (Phi) is 3.43. The molecule has 0 amide bonds. The van der Waals surface area contributed by atoms with E-state index in [0.717, 1.165) is 5.92 Å². The molecule has 0 aromatic carbocycles. The fraction of sp³-hybridized carbons (Fsp3) is 0.762. The van der Waals surface area contributed by atoms with Crippen molar-refractivity contribution in [3.05, 3.63) is 30.1 Å². The predicted molar refractivity (Wildman–Crippen MR) is 93.0 cm³/mol. The minimum atomic E-state index is 0.0547. The minimum absolute atomic E-state index is 0.0547. The van der Waals surface area contributed by atoms with E-state index in [1.807, 2.05) is 18.5 Å². The van der Waals surface area contributed by atoms with Gasteiger partial charge < -0.3 is 4.74 Å². The van der Waals surface area contributed by atoms with Crippen molar-refractivity contribution in [3.8, 4) is 0 Å². The number of ether oxygens (including phenoxy) is 1. The van der Waals surface area contributed by atoms with Crippen molar-refractivity contribution in [2.24, 2.45) is 22.7 Å². The summed E-state index contributed by atoms with van der Waals surface area (Å²) in [7, 11) is 0. The first kappa shape index (κ1) is 15.6. The molecule has 2 heterocycles. The Bertz CT molecular complexity index is 583. The van der Waals surface area contributed by atoms with Crippen molar-refractivity contribution in [3.63, 3.8) is 0 Å². The fourth-order valence-electron chi connectivity index (χ4n) is 6.62. The Morgan fingerprint density at radius 3 is 2.65 bits per heavy atom. The van der Waals surface area contributed by atoms with Crippen LogP contribution in [0.2, 0.25) is 0 Å². The molecule has 4 rings (SSSR count). The van der Waals surface area contributed by atoms with Crippen LogP contribution in [0.15, 0.2) is 24.5 Å². The minimum Gasteiger partial charge on any atom is -0.367 e. The summed E-state index contributed by atoms with van der Waals surface area (Å²) >= 11 is 0. The van der Waals surface area contributed by atoms with E-state index in [1.165, 1.54) is 44.1 Å². The van der Waals surface area contributed by atoms with E-state index >= 15 is 0 Å². The maximum absolute atomic E-state index is 6.68. The third kappa shape index (κ3) is 2.28. The SMILES string of the molecule is CC1(C)CCC[C@]2(C)[C@H]3C[C@H](c4cccnc4)O[C@]3(C)CC[C@@H]12. The Labute approximate surface area is 141 Å². The number of pyridine rings is 1. The second kappa shape index (κ2) is 5.05. The van der Waals surface area contributed by atoms with Crippen molar-refractivity contribution in [2.75, 3.05) is 0 Å². The van der Waals surface area contributed by atoms with E-state index in [9.17, 15) is 0 Å². The molecule has 5 atom stereocenters. The van der Waals surface area contributed by atoms with Gasteiger partial charge in [-0.25, -0.2) is 0 Å². The van der Waals surface area contributed by atoms with Gasteiger partial charge in [-0.2, -0.15) is 0 Å². The average molecular weight is 313 g/mol. The molecule has 3 aliphatic rings. The number of fused-ring (bicyclic) bond motifs is 3. The molecule has 1 aromatic rings. The van der Waals surface area contributed by atoms with Crippen molar-refractivity contribution < 1.29 is 4.74 Å². The molecule has 0 N–H and O–H groups in total. The fourth-order valence-corrected chi connectivity index (χ4v) is 6.62. The van der Waals surface area contributed by atoms with Gasteiger partial charge in [-0.1, -0.05) is 33.3 Å². The number of nitrogens with zero attached hydrogens (tertiary/aromatic N) is 1. The molecule has 126 valence electrons. The van der Waals surface area contributed by atoms with Crippen LogP contribution < -0.4 is 0 Å². The maximum Gasteiger partial charge on any atom is 0.0851 e. The molecule has 0 unspecified atom stereocenters. The standard InChI is InChI=1S/C21H31NO/c1-19(2)9-6-10-20(3)17(19)8-11-21(4)18(20)13-16(23-21)15-7-5-12-22-14-15/h5,7,12,14,16-18H,6,8-11,13H2,1-4H3/t16-,17+,18-,20+,21-/m1/s1. The molecular formula is C21H31NO. The van der Waals surface area contributed by atoms with Gasteiger partial charge in [0.25, 0.3) is 0 Å². The highest BCUT2D eigenvalue weighted by Gasteiger charge is 2.62. The van der Waals surface area contributed by atoms with Gasteiger partial charge in [-0.05, 0) is 73.3 Å². The number of rotatable bonds is 1. The number of hydrogen-bond donors (Lipinski definition) is 0. The molecule has 23 heavy (non-hydrogen) atoms. The lowest BCUT2D eigenvalue weighted by Gasteiger charge is -2.60. The van der Waals surface area contributed by atoms with Crippen molar-refractivity contribution in [1.29, 1.82) is 0 Å². The summed E-state index contributed by atoms with van der Waals surface area (Å²) < 4.78 is 6.68. The van der Waals surface area contributed by atoms with Crippen LogP contribution in [0, 0.1) is 22.7 Å². The smallest absolute Gasteiger partial charge is 0.0851 e. The highest BCUT2D eigenvalue weighted by molar-refractivity contribution is 5.18. The van der Waals surface area contributed by atoms with Gasteiger partial charge in [0, 0.05) is 12.4 Å². The van der Waals surface area contributed by atoms with E-state index < -0.39 is 0 Å². The van der Waals surface area contributed by atoms with Crippen LogP contribution in [0.25, 0.3) is 0 Å². The molecule has 3 fully saturated rings. The molecule has 0 radical (unpaired) electrons. The summed E-state index contributed by atoms with van der Waals surface area (Å²) in [5.41, 5.74) is 2.24. The molecule has 1 saturated heterocycles. The lowest BCUT2D eigenvalue weighted by molar-refractivity contribution is -0.155. The predicted octanol–water partition coefficient (Wildman–Crippen LogP) is 5.54. The first-order valence-corrected chi connectivity index (χ1v) is 9.43. The van der Waals surface area contributed by atoms with Gasteiger partial charge >= 0.3 is 0 Å². The molecule has 1 aromatic heterocycles. The molecule has 2 heteroatoms. The summed E-state index contributed by atoms with van der Waals surface area (Å²) in [5.74, 6) is 1.52. The summed E-state index contributed by atoms with van der Waals surface area (Å²) in [5, 5.41) is 0. The Hall–Kier alpha value is -0.890. The van der Waals surface area contributed by atoms with Crippen LogP contribution in [0.3, 0.4) is 0 Å². The third-order valence-corrected chi connectivity index (χ3v) is 7.66. The highest BCUT2D eigenvalue weighted by atomic mass is 16.5. The largest absolute Gasteiger partial charge is 0.367 e. The van der Waals surface area contributed by atoms with E-state index in [2.05, 4.69) is 38.7 Å². The second-order valence-electron chi connectivity index (χ2n) is 9.43. The lowest BCUT2D eigenvalue weighted by Crippen LogP contribution is -2.55. The first-order chi connectivity index (χ1) is 10.9. The average Bonchev–Trinajstić information content (AvgIpc) is 2.86. The monoisotopic (exact) mass is 313 g/mol. The summed E-state index contributed by atoms with van der Waals surface area (Å²) in [4.78, 5) is 4.31. The van der Waals surface area contributed by atoms with Gasteiger partial charge in [0.1, 0.15) is 0 Å². The van der Waals surface area contributed by atoms with Crippen molar-refractivity contribution >= 4 is 0 Å². The van der Waals surface area contributed by atoms with Gasteiger partial charge in [0.05, 0.1) is 11.7 Å². The molecular weight excluding hydrogens is 282 g/mol. The molecule has 2 nitrogen and oxygen atoms in total. The summed E-state index contributed by atoms with van der Waals surface area (Å²) in [6.07, 6.45) is 12.0. The van der Waals surface area contributed by atoms with Gasteiger partial charge in [-0.3, -0.25) is 4.98 Å². The van der Waals surface area contributed by atoms with Gasteiger partial charge in [-0.15, -0.1) is 0 Å². The number of hydrogen-bond acceptors (Lipinski definition) is 2. The third-order valence-electron chi connectivity index (χ3n) is 7.66. The number of aromatic nitrogens is 1. The topological polar surface area (TPSA) is 22.1 Å². The Balaban J connectivity index is 1.67. The molecule has 2 aliphatic carbocycles.